The van der Waals surface area contributed by atoms with E-state index >= 15 is 0 Å². The Hall–Kier alpha value is -6.11. The number of unbranched alkanes of at least 4 members (excludes halogenated alkanes) is 1. The second kappa shape index (κ2) is 56.2. The minimum absolute atomic E-state index is 0.0475. The average molecular weight is 1500 g/mol. The third kappa shape index (κ3) is 93.9. The number of aromatic carboxylic acids is 1. The van der Waals surface area contributed by atoms with Crippen molar-refractivity contribution in [1.82, 2.24) is 15.5 Å². The van der Waals surface area contributed by atoms with Gasteiger partial charge in [-0.2, -0.15) is 5.11 Å². The highest BCUT2D eigenvalue weighted by Crippen LogP contribution is 2.34. The monoisotopic (exact) mass is 1490 g/mol. The molecule has 16 N–H and O–H groups in total. The van der Waals surface area contributed by atoms with Gasteiger partial charge in [0.25, 0.3) is 0 Å². The third-order valence-electron chi connectivity index (χ3n) is 15.2. The quantitative estimate of drug-likeness (QED) is 0.0303. The zero-order valence-corrected chi connectivity index (χ0v) is 71.4. The van der Waals surface area contributed by atoms with E-state index in [0.29, 0.717) is 71.6 Å². The molecule has 1 saturated heterocycles. The molecule has 1 atom stereocenters. The van der Waals surface area contributed by atoms with Gasteiger partial charge in [0.05, 0.1) is 37.5 Å². The first-order valence-electron chi connectivity index (χ1n) is 37.9. The van der Waals surface area contributed by atoms with Crippen LogP contribution in [-0.4, -0.2) is 144 Å². The van der Waals surface area contributed by atoms with Crippen LogP contribution in [0.4, 0.5) is 4.79 Å². The van der Waals surface area contributed by atoms with Crippen molar-refractivity contribution in [2.24, 2.45) is 98.8 Å². The van der Waals surface area contributed by atoms with Crippen LogP contribution >= 0.6 is 0 Å². The number of nitrogens with zero attached hydrogens (tertiary/aromatic N) is 4. The van der Waals surface area contributed by atoms with Gasteiger partial charge in [-0.3, -0.25) is 28.8 Å². The van der Waals surface area contributed by atoms with Gasteiger partial charge < -0.3 is 69.4 Å². The Kier molecular flexibility index (Phi) is 58.8. The summed E-state index contributed by atoms with van der Waals surface area (Å²) in [5.41, 5.74) is 30.0. The Morgan fingerprint density at radius 2 is 0.981 bits per heavy atom. The van der Waals surface area contributed by atoms with E-state index in [0.717, 1.165) is 102 Å². The van der Waals surface area contributed by atoms with Gasteiger partial charge in [-0.05, 0) is 181 Å². The molecule has 0 aromatic heterocycles. The highest BCUT2D eigenvalue weighted by molar-refractivity contribution is 6.34. The van der Waals surface area contributed by atoms with E-state index in [-0.39, 0.29) is 46.5 Å². The van der Waals surface area contributed by atoms with Gasteiger partial charge in [-0.25, -0.2) is 9.59 Å². The number of amides is 6. The van der Waals surface area contributed by atoms with Crippen molar-refractivity contribution in [2.75, 3.05) is 59.1 Å². The van der Waals surface area contributed by atoms with Gasteiger partial charge in [0.15, 0.2) is 0 Å². The van der Waals surface area contributed by atoms with Crippen LogP contribution in [0, 0.1) is 54.7 Å². The predicted octanol–water partition coefficient (Wildman–Crippen LogP) is 15.8. The van der Waals surface area contributed by atoms with Gasteiger partial charge in [0.1, 0.15) is 12.6 Å². The summed E-state index contributed by atoms with van der Waals surface area (Å²) >= 11 is 0. The lowest BCUT2D eigenvalue weighted by Crippen LogP contribution is -2.39. The molecule has 0 radical (unpaired) electrons. The number of aliphatic hydroxyl groups excluding tert-OH is 1. The van der Waals surface area contributed by atoms with Crippen molar-refractivity contribution in [3.05, 3.63) is 35.4 Å². The summed E-state index contributed by atoms with van der Waals surface area (Å²) < 4.78 is 5.29. The standard InChI is InChI=1S/C13H27NO2.C12H16O2.C10H21NO2.C9H17N3.C9H18N2O2.C8H18N2O.C8H17NO.C6H13NO.C6H12O2/c1-13(2,3)12-4-6-14(7-5-12)8-10-16-11-9-15;1-12(2,3)8-9-4-6-10(7-5-9)11(13)14;1-10(2,3)7-5-4-6-8(11)9(12)13;1-9(2,3)6-4-5-8-7-10-12-11-8;1-9(2,3)5-4-6-11-8(13)7(10)12;1-8(2,3)5-4-6-10-7(9)11;1-8(2,3)6-4-5-7(9)10;2*1-6(2,3)4-5(7)8/h12,15H,4-11H2,1-3H3;4-7H,8H2,1-3H3,(H,13,14);8H,4-7,11H2,1-3H3,(H,12,13);4-7H2,1-3H3;4-6H2,1-3H3,(H2,10,12)(H,11,13);4-6H2,1-3H3,(H3,9,10,11);4-6H2,1-3H3,(H2,9,10);4H2,1-3H3,(H2,7,8);4H2,1-3H3,(H,7,8). The van der Waals surface area contributed by atoms with Crippen LogP contribution in [0.3, 0.4) is 0 Å². The van der Waals surface area contributed by atoms with E-state index in [1.54, 1.807) is 12.1 Å². The molecular weight excluding hydrogens is 1330 g/mol. The molecule has 1 aromatic rings. The number of carbonyl (C=O) groups excluding carboxylic acids is 5. The molecular formula is C81H159N11O13. The van der Waals surface area contributed by atoms with Gasteiger partial charge in [0.2, 0.25) is 11.8 Å². The zero-order chi connectivity index (χ0) is 83.5. The number of urea groups is 1. The van der Waals surface area contributed by atoms with Crippen molar-refractivity contribution in [3.63, 3.8) is 0 Å². The van der Waals surface area contributed by atoms with E-state index in [2.05, 4.69) is 176 Å². The molecule has 0 bridgehead atoms. The fourth-order valence-corrected chi connectivity index (χ4v) is 9.60. The Morgan fingerprint density at radius 3 is 1.30 bits per heavy atom. The number of benzene rings is 1. The molecule has 3 rings (SSSR count). The average Bonchev–Trinajstić information content (AvgIpc) is 1.04. The topological polar surface area (TPSA) is 421 Å². The number of aliphatic hydroxyl groups is 1. The Morgan fingerprint density at radius 1 is 0.543 bits per heavy atom. The molecule has 2 heterocycles. The maximum Gasteiger partial charge on any atom is 0.335 e. The molecule has 1 aromatic carbocycles. The number of carboxylic acid groups (broad SMARTS) is 3. The molecule has 0 aliphatic carbocycles. The smallest absolute Gasteiger partial charge is 0.335 e. The molecule has 24 nitrogen and oxygen atoms in total. The van der Waals surface area contributed by atoms with Crippen molar-refractivity contribution < 1.29 is 63.5 Å². The number of carbonyl (C=O) groups is 8. The summed E-state index contributed by atoms with van der Waals surface area (Å²) in [6.07, 6.45) is 17.9. The van der Waals surface area contributed by atoms with Crippen molar-refractivity contribution in [3.8, 4) is 0 Å². The number of hydrogen-bond acceptors (Lipinski definition) is 15. The number of nitrogens with one attached hydrogen (secondary N) is 2. The number of primary amides is 4. The van der Waals surface area contributed by atoms with E-state index in [1.807, 2.05) is 53.7 Å². The maximum absolute atomic E-state index is 10.7. The second-order valence-corrected chi connectivity index (χ2v) is 38.2. The molecule has 616 valence electrons. The normalized spacial score (nSPS) is 13.6. The summed E-state index contributed by atoms with van der Waals surface area (Å²) in [7, 11) is 0. The molecule has 2 aliphatic rings. The summed E-state index contributed by atoms with van der Waals surface area (Å²) in [6.45, 7) is 64.6. The zero-order valence-electron chi connectivity index (χ0n) is 71.4. The minimum atomic E-state index is -0.921. The highest BCUT2D eigenvalue weighted by atomic mass is 16.5. The van der Waals surface area contributed by atoms with Crippen molar-refractivity contribution in [2.45, 2.75) is 315 Å². The van der Waals surface area contributed by atoms with Crippen LogP contribution in [-0.2, 0) is 39.9 Å². The third-order valence-corrected chi connectivity index (χ3v) is 15.2. The molecule has 24 heteroatoms. The summed E-state index contributed by atoms with van der Waals surface area (Å²) in [5, 5.41) is 50.4. The van der Waals surface area contributed by atoms with Crippen LogP contribution in [0.1, 0.15) is 318 Å². The number of rotatable bonds is 26. The first kappa shape index (κ1) is 110. The fraction of sp³-hybridized carbons (Fsp3) is 0.815. The number of hydrogen-bond donors (Lipinski definition) is 11. The number of nitrogens with two attached hydrogens (primary N) is 5. The number of piperidine rings is 1. The molecule has 1 fully saturated rings. The Labute approximate surface area is 637 Å². The van der Waals surface area contributed by atoms with Crippen molar-refractivity contribution in [1.29, 1.82) is 0 Å². The number of carboxylic acids is 3. The molecule has 2 aliphatic heterocycles. The van der Waals surface area contributed by atoms with Gasteiger partial charge in [-0.1, -0.05) is 212 Å². The highest BCUT2D eigenvalue weighted by Gasteiger charge is 2.29. The van der Waals surface area contributed by atoms with E-state index in [4.69, 9.17) is 53.8 Å². The van der Waals surface area contributed by atoms with E-state index in [9.17, 15) is 38.4 Å². The number of likely N-dealkylation sites (tertiary alicyclic amines) is 1. The molecule has 0 saturated carbocycles. The lowest BCUT2D eigenvalue weighted by Gasteiger charge is -2.38. The molecule has 105 heavy (non-hydrogen) atoms. The van der Waals surface area contributed by atoms with Gasteiger partial charge in [-0.15, -0.1) is 5.10 Å². The van der Waals surface area contributed by atoms with E-state index < -0.39 is 41.8 Å². The Balaban J connectivity index is -0.000000265. The predicted molar refractivity (Wildman–Crippen MR) is 432 cm³/mol. The lowest BCUT2D eigenvalue weighted by molar-refractivity contribution is -0.139. The summed E-state index contributed by atoms with van der Waals surface area (Å²) in [4.78, 5) is 85.2. The van der Waals surface area contributed by atoms with Gasteiger partial charge >= 0.3 is 35.8 Å². The number of aliphatic carboxylic acids is 2. The van der Waals surface area contributed by atoms with Crippen LogP contribution in [0.2, 0.25) is 0 Å². The molecule has 0 spiro atoms. The SMILES string of the molecule is CC(C)(C)C1CCN(CCOCCO)CC1.CC(C)(C)CC(=O)O.CC(C)(C)CC(N)=O.CC(C)(C)CCCC(N)=O.CC(C)(C)CCCC1=NN=NC1.CC(C)(C)CCCCC(N)C(=O)O.CC(C)(C)CCCNC(=O)C(N)=O.CC(C)(C)CCCNC(N)=O.CC(C)(C)Cc1ccc(C(=O)O)cc1. The first-order chi connectivity index (χ1) is 47.3. The second-order valence-electron chi connectivity index (χ2n) is 38.2. The lowest BCUT2D eigenvalue weighted by atomic mass is 9.75. The minimum Gasteiger partial charge on any atom is -0.481 e. The van der Waals surface area contributed by atoms with Crippen LogP contribution in [0.15, 0.2) is 39.7 Å². The van der Waals surface area contributed by atoms with Crippen LogP contribution in [0.25, 0.3) is 0 Å². The molecule has 6 amide bonds. The summed E-state index contributed by atoms with van der Waals surface area (Å²) in [6, 6.07) is 5.97. The van der Waals surface area contributed by atoms with E-state index in [1.165, 1.54) is 44.3 Å². The first-order valence-corrected chi connectivity index (χ1v) is 37.9. The maximum atomic E-state index is 10.7. The fourth-order valence-electron chi connectivity index (χ4n) is 9.60. The van der Waals surface area contributed by atoms with Crippen LogP contribution in [0.5, 0.6) is 0 Å². The van der Waals surface area contributed by atoms with Crippen molar-refractivity contribution >= 4 is 53.3 Å². The number of ether oxygens (including phenoxy) is 1. The Bertz CT molecular complexity index is 2550. The summed E-state index contributed by atoms with van der Waals surface area (Å²) in [5.74, 6) is -3.66. The van der Waals surface area contributed by atoms with Crippen LogP contribution < -0.4 is 39.3 Å². The van der Waals surface area contributed by atoms with Gasteiger partial charge in [0, 0.05) is 32.5 Å². The molecule has 1 unspecified atom stereocenters. The largest absolute Gasteiger partial charge is 0.481 e.